The van der Waals surface area contributed by atoms with Gasteiger partial charge in [-0.1, -0.05) is 64.1 Å². The van der Waals surface area contributed by atoms with Crippen molar-refractivity contribution >= 4 is 16.8 Å². The predicted octanol–water partition coefficient (Wildman–Crippen LogP) is 3.82. The van der Waals surface area contributed by atoms with Crippen LogP contribution in [-0.2, 0) is 17.9 Å². The molecule has 31 heavy (non-hydrogen) atoms. The zero-order valence-corrected chi connectivity index (χ0v) is 18.9. The van der Waals surface area contributed by atoms with Crippen molar-refractivity contribution < 1.29 is 4.79 Å². The minimum atomic E-state index is -0.469. The van der Waals surface area contributed by atoms with E-state index in [9.17, 15) is 14.4 Å². The fraction of sp³-hybridized carbons (Fsp3) is 0.400. The van der Waals surface area contributed by atoms with Gasteiger partial charge in [0.25, 0.3) is 5.56 Å². The summed E-state index contributed by atoms with van der Waals surface area (Å²) in [4.78, 5) is 38.5. The molecule has 6 nitrogen and oxygen atoms in total. The maximum atomic E-state index is 13.0. The summed E-state index contributed by atoms with van der Waals surface area (Å²) < 4.78 is 2.55. The Morgan fingerprint density at radius 3 is 2.10 bits per heavy atom. The van der Waals surface area contributed by atoms with E-state index >= 15 is 0 Å². The summed E-state index contributed by atoms with van der Waals surface area (Å²) >= 11 is 0. The molecule has 1 atom stereocenters. The second kappa shape index (κ2) is 9.33. The number of amides is 1. The van der Waals surface area contributed by atoms with E-state index in [4.69, 9.17) is 0 Å². The Morgan fingerprint density at radius 1 is 0.903 bits per heavy atom. The molecular weight excluding hydrogens is 390 g/mol. The van der Waals surface area contributed by atoms with Crippen LogP contribution in [0.2, 0.25) is 0 Å². The molecule has 1 amide bonds. The molecule has 0 saturated carbocycles. The van der Waals surface area contributed by atoms with Crippen molar-refractivity contribution in [1.29, 1.82) is 0 Å². The summed E-state index contributed by atoms with van der Waals surface area (Å²) in [5.41, 5.74) is 1.95. The summed E-state index contributed by atoms with van der Waals surface area (Å²) in [6.45, 7) is 10.3. The van der Waals surface area contributed by atoms with Crippen molar-refractivity contribution in [2.75, 3.05) is 0 Å². The number of fused-ring (bicyclic) bond motifs is 1. The molecule has 1 aromatic heterocycles. The third-order valence-corrected chi connectivity index (χ3v) is 5.70. The van der Waals surface area contributed by atoms with Crippen LogP contribution in [0.25, 0.3) is 10.9 Å². The maximum Gasteiger partial charge on any atom is 0.331 e. The highest BCUT2D eigenvalue weighted by Crippen LogP contribution is 2.24. The highest BCUT2D eigenvalue weighted by atomic mass is 16.2. The van der Waals surface area contributed by atoms with Crippen LogP contribution in [-0.4, -0.2) is 15.0 Å². The Balaban J connectivity index is 1.93. The Bertz CT molecular complexity index is 1190. The molecule has 1 heterocycles. The SMILES string of the molecule is CCn1c(=O)c2ccccc2n(CC(=O)NC(c2ccc(C(C)C)cc2)C(C)C)c1=O. The zero-order chi connectivity index (χ0) is 22.7. The normalized spacial score (nSPS) is 12.5. The summed E-state index contributed by atoms with van der Waals surface area (Å²) in [6, 6.07) is 15.0. The van der Waals surface area contributed by atoms with Gasteiger partial charge in [-0.15, -0.1) is 0 Å². The monoisotopic (exact) mass is 421 g/mol. The van der Waals surface area contributed by atoms with Crippen molar-refractivity contribution in [2.45, 2.75) is 59.7 Å². The molecular formula is C25H31N3O3. The van der Waals surface area contributed by atoms with Gasteiger partial charge in [-0.25, -0.2) is 4.79 Å². The highest BCUT2D eigenvalue weighted by Gasteiger charge is 2.20. The minimum absolute atomic E-state index is 0.146. The number of rotatable bonds is 7. The van der Waals surface area contributed by atoms with Gasteiger partial charge in [0.05, 0.1) is 16.9 Å². The number of nitrogens with zero attached hydrogens (tertiary/aromatic N) is 2. The Morgan fingerprint density at radius 2 is 1.52 bits per heavy atom. The van der Waals surface area contributed by atoms with E-state index in [0.717, 1.165) is 5.56 Å². The van der Waals surface area contributed by atoms with Crippen molar-refractivity contribution in [3.05, 3.63) is 80.5 Å². The molecule has 0 spiro atoms. The molecule has 6 heteroatoms. The standard InChI is InChI=1S/C25H31N3O3/c1-6-27-24(30)20-9-7-8-10-21(20)28(25(27)31)15-22(29)26-23(17(4)5)19-13-11-18(12-14-19)16(2)3/h7-14,16-17,23H,6,15H2,1-5H3,(H,26,29). The molecule has 2 aromatic carbocycles. The number of carbonyl (C=O) groups excluding carboxylic acids is 1. The Kier molecular flexibility index (Phi) is 6.78. The average molecular weight is 422 g/mol. The number of benzene rings is 2. The summed E-state index contributed by atoms with van der Waals surface area (Å²) in [7, 11) is 0. The number of hydrogen-bond acceptors (Lipinski definition) is 3. The lowest BCUT2D eigenvalue weighted by Gasteiger charge is -2.24. The second-order valence-corrected chi connectivity index (χ2v) is 8.55. The van der Waals surface area contributed by atoms with Gasteiger partial charge in [-0.05, 0) is 42.0 Å². The maximum absolute atomic E-state index is 13.0. The predicted molar refractivity (Wildman–Crippen MR) is 124 cm³/mol. The van der Waals surface area contributed by atoms with Gasteiger partial charge in [0.2, 0.25) is 5.91 Å². The van der Waals surface area contributed by atoms with Crippen molar-refractivity contribution in [3.63, 3.8) is 0 Å². The van der Waals surface area contributed by atoms with Gasteiger partial charge in [0.1, 0.15) is 6.54 Å². The van der Waals surface area contributed by atoms with E-state index in [-0.39, 0.29) is 36.5 Å². The third-order valence-electron chi connectivity index (χ3n) is 5.70. The van der Waals surface area contributed by atoms with E-state index in [0.29, 0.717) is 16.8 Å². The van der Waals surface area contributed by atoms with Crippen LogP contribution >= 0.6 is 0 Å². The van der Waals surface area contributed by atoms with Crippen LogP contribution in [0.5, 0.6) is 0 Å². The van der Waals surface area contributed by atoms with Crippen molar-refractivity contribution in [3.8, 4) is 0 Å². The van der Waals surface area contributed by atoms with Crippen LogP contribution in [0.15, 0.2) is 58.1 Å². The molecule has 0 fully saturated rings. The van der Waals surface area contributed by atoms with Crippen LogP contribution in [0, 0.1) is 5.92 Å². The largest absolute Gasteiger partial charge is 0.347 e. The highest BCUT2D eigenvalue weighted by molar-refractivity contribution is 5.81. The van der Waals surface area contributed by atoms with Gasteiger partial charge in [0.15, 0.2) is 0 Å². The first-order valence-electron chi connectivity index (χ1n) is 10.9. The lowest BCUT2D eigenvalue weighted by atomic mass is 9.93. The molecule has 0 aliphatic heterocycles. The van der Waals surface area contributed by atoms with Gasteiger partial charge in [-0.2, -0.15) is 0 Å². The lowest BCUT2D eigenvalue weighted by Crippen LogP contribution is -2.43. The summed E-state index contributed by atoms with van der Waals surface area (Å²) in [5.74, 6) is 0.350. The lowest BCUT2D eigenvalue weighted by molar-refractivity contribution is -0.122. The molecule has 164 valence electrons. The van der Waals surface area contributed by atoms with Gasteiger partial charge in [-0.3, -0.25) is 18.7 Å². The first-order valence-corrected chi connectivity index (χ1v) is 10.9. The van der Waals surface area contributed by atoms with Crippen LogP contribution < -0.4 is 16.6 Å². The van der Waals surface area contributed by atoms with E-state index in [1.54, 1.807) is 31.2 Å². The van der Waals surface area contributed by atoms with Gasteiger partial charge in [0, 0.05) is 6.54 Å². The van der Waals surface area contributed by atoms with E-state index in [2.05, 4.69) is 57.3 Å². The average Bonchev–Trinajstić information content (AvgIpc) is 2.75. The summed E-state index contributed by atoms with van der Waals surface area (Å²) in [5, 5.41) is 3.52. The van der Waals surface area contributed by atoms with E-state index in [1.165, 1.54) is 14.7 Å². The smallest absolute Gasteiger partial charge is 0.331 e. The van der Waals surface area contributed by atoms with Gasteiger partial charge >= 0.3 is 5.69 Å². The fourth-order valence-corrected chi connectivity index (χ4v) is 3.89. The van der Waals surface area contributed by atoms with Crippen molar-refractivity contribution in [2.24, 2.45) is 5.92 Å². The zero-order valence-electron chi connectivity index (χ0n) is 18.9. The molecule has 0 saturated heterocycles. The number of hydrogen-bond donors (Lipinski definition) is 1. The fourth-order valence-electron chi connectivity index (χ4n) is 3.89. The molecule has 0 aliphatic rings. The topological polar surface area (TPSA) is 73.1 Å². The van der Waals surface area contributed by atoms with E-state index < -0.39 is 5.69 Å². The third kappa shape index (κ3) is 4.63. The van der Waals surface area contributed by atoms with Crippen LogP contribution in [0.4, 0.5) is 0 Å². The molecule has 3 aromatic rings. The quantitative estimate of drug-likeness (QED) is 0.630. The molecule has 0 radical (unpaired) electrons. The number of para-hydroxylation sites is 1. The van der Waals surface area contributed by atoms with E-state index in [1.807, 2.05) is 0 Å². The Hall–Kier alpha value is -3.15. The minimum Gasteiger partial charge on any atom is -0.347 e. The molecule has 1 N–H and O–H groups in total. The van der Waals surface area contributed by atoms with Crippen LogP contribution in [0.3, 0.4) is 0 Å². The molecule has 3 rings (SSSR count). The number of aromatic nitrogens is 2. The molecule has 0 bridgehead atoms. The number of carbonyl (C=O) groups is 1. The number of nitrogens with one attached hydrogen (secondary N) is 1. The molecule has 0 aliphatic carbocycles. The molecule has 1 unspecified atom stereocenters. The van der Waals surface area contributed by atoms with Crippen molar-refractivity contribution in [1.82, 2.24) is 14.5 Å². The summed E-state index contributed by atoms with van der Waals surface area (Å²) in [6.07, 6.45) is 0. The first-order chi connectivity index (χ1) is 14.7. The second-order valence-electron chi connectivity index (χ2n) is 8.55. The van der Waals surface area contributed by atoms with Gasteiger partial charge < -0.3 is 5.32 Å². The Labute approximate surface area is 182 Å². The van der Waals surface area contributed by atoms with Crippen LogP contribution in [0.1, 0.15) is 57.7 Å². The first kappa shape index (κ1) is 22.5.